The molecule has 146 valence electrons. The summed E-state index contributed by atoms with van der Waals surface area (Å²) < 4.78 is 6.05. The monoisotopic (exact) mass is 436 g/mol. The number of hydrogen-bond acceptors (Lipinski definition) is 7. The van der Waals surface area contributed by atoms with Gasteiger partial charge >= 0.3 is 5.88 Å². The fourth-order valence-corrected chi connectivity index (χ4v) is 4.65. The van der Waals surface area contributed by atoms with Crippen LogP contribution in [0.25, 0.3) is 11.3 Å². The highest BCUT2D eigenvalue weighted by Gasteiger charge is 2.23. The van der Waals surface area contributed by atoms with E-state index in [9.17, 15) is 4.79 Å². The molecular formula is C18H19ClN5O2S2+. The van der Waals surface area contributed by atoms with E-state index in [1.165, 1.54) is 29.5 Å². The van der Waals surface area contributed by atoms with Gasteiger partial charge in [-0.1, -0.05) is 35.5 Å². The SMILES string of the molecule is O=C(CSc1nc(-c2ccc(Cl)cc2)cs1)Nc1c[n+](N2CCCCC2)no1. The lowest BCUT2D eigenvalue weighted by Gasteiger charge is -2.17. The highest BCUT2D eigenvalue weighted by Crippen LogP contribution is 2.29. The fraction of sp³-hybridized carbons (Fsp3) is 0.333. The van der Waals surface area contributed by atoms with Crippen molar-refractivity contribution in [1.82, 2.24) is 10.3 Å². The molecule has 10 heteroatoms. The van der Waals surface area contributed by atoms with Gasteiger partial charge in [-0.2, -0.15) is 5.01 Å². The summed E-state index contributed by atoms with van der Waals surface area (Å²) in [6.07, 6.45) is 5.23. The summed E-state index contributed by atoms with van der Waals surface area (Å²) in [5, 5.41) is 11.5. The van der Waals surface area contributed by atoms with E-state index in [0.29, 0.717) is 10.9 Å². The summed E-state index contributed by atoms with van der Waals surface area (Å²) in [4.78, 5) is 18.4. The average molecular weight is 437 g/mol. The summed E-state index contributed by atoms with van der Waals surface area (Å²) in [5.41, 5.74) is 1.88. The van der Waals surface area contributed by atoms with Gasteiger partial charge in [0.2, 0.25) is 11.2 Å². The van der Waals surface area contributed by atoms with Crippen LogP contribution in [0.3, 0.4) is 0 Å². The molecule has 0 atom stereocenters. The van der Waals surface area contributed by atoms with E-state index in [-0.39, 0.29) is 11.7 Å². The van der Waals surface area contributed by atoms with Gasteiger partial charge in [-0.05, 0) is 31.4 Å². The zero-order chi connectivity index (χ0) is 19.3. The van der Waals surface area contributed by atoms with Crippen molar-refractivity contribution in [2.75, 3.05) is 29.2 Å². The van der Waals surface area contributed by atoms with Crippen LogP contribution in [0.1, 0.15) is 19.3 Å². The lowest BCUT2D eigenvalue weighted by Crippen LogP contribution is -2.60. The highest BCUT2D eigenvalue weighted by molar-refractivity contribution is 8.01. The minimum Gasteiger partial charge on any atom is -0.288 e. The normalized spacial score (nSPS) is 14.2. The molecule has 7 nitrogen and oxygen atoms in total. The summed E-state index contributed by atoms with van der Waals surface area (Å²) in [5.74, 6) is 0.435. The molecule has 1 aromatic carbocycles. The minimum absolute atomic E-state index is 0.157. The van der Waals surface area contributed by atoms with E-state index in [2.05, 4.69) is 20.6 Å². The van der Waals surface area contributed by atoms with Crippen LogP contribution >= 0.6 is 34.7 Å². The quantitative estimate of drug-likeness (QED) is 0.470. The average Bonchev–Trinajstić information content (AvgIpc) is 3.37. The molecule has 1 fully saturated rings. The van der Waals surface area contributed by atoms with Crippen LogP contribution in [-0.2, 0) is 4.79 Å². The van der Waals surface area contributed by atoms with Crippen LogP contribution < -0.4 is 15.1 Å². The van der Waals surface area contributed by atoms with Crippen LogP contribution in [0.5, 0.6) is 0 Å². The Kier molecular flexibility index (Phi) is 6.13. The number of anilines is 1. The number of carbonyl (C=O) groups excluding carboxylic acids is 1. The molecule has 0 unspecified atom stereocenters. The van der Waals surface area contributed by atoms with Crippen molar-refractivity contribution in [3.63, 3.8) is 0 Å². The van der Waals surface area contributed by atoms with Crippen LogP contribution in [0, 0.1) is 0 Å². The molecular weight excluding hydrogens is 418 g/mol. The predicted octanol–water partition coefficient (Wildman–Crippen LogP) is 3.59. The number of aromatic nitrogens is 3. The van der Waals surface area contributed by atoms with E-state index in [1.54, 1.807) is 11.0 Å². The molecule has 1 saturated heterocycles. The van der Waals surface area contributed by atoms with Crippen molar-refractivity contribution >= 4 is 46.5 Å². The molecule has 2 aromatic heterocycles. The Bertz CT molecular complexity index is 938. The molecule has 3 aromatic rings. The Morgan fingerprint density at radius 3 is 2.86 bits per heavy atom. The molecule has 0 saturated carbocycles. The number of amides is 1. The second-order valence-corrected chi connectivity index (χ2v) is 8.86. The molecule has 1 aliphatic heterocycles. The number of benzene rings is 1. The number of hydrogen-bond donors (Lipinski definition) is 1. The molecule has 0 bridgehead atoms. The largest absolute Gasteiger partial charge is 0.305 e. The van der Waals surface area contributed by atoms with E-state index < -0.39 is 0 Å². The van der Waals surface area contributed by atoms with Gasteiger partial charge in [0.15, 0.2) is 4.34 Å². The number of carbonyl (C=O) groups is 1. The summed E-state index contributed by atoms with van der Waals surface area (Å²) in [6, 6.07) is 7.54. The Labute approximate surface area is 175 Å². The Morgan fingerprint density at radius 2 is 2.07 bits per heavy atom. The Hall–Kier alpha value is -2.10. The molecule has 1 aliphatic rings. The van der Waals surface area contributed by atoms with Gasteiger partial charge in [-0.25, -0.2) is 4.98 Å². The van der Waals surface area contributed by atoms with Crippen LogP contribution in [0.2, 0.25) is 5.02 Å². The second-order valence-electron chi connectivity index (χ2n) is 6.34. The molecule has 28 heavy (non-hydrogen) atoms. The first kappa shape index (κ1) is 19.2. The highest BCUT2D eigenvalue weighted by atomic mass is 35.5. The van der Waals surface area contributed by atoms with Crippen LogP contribution in [-0.4, -0.2) is 35.0 Å². The third-order valence-corrected chi connectivity index (χ3v) is 6.56. The van der Waals surface area contributed by atoms with Crippen molar-refractivity contribution < 1.29 is 14.1 Å². The van der Waals surface area contributed by atoms with Crippen molar-refractivity contribution in [2.24, 2.45) is 0 Å². The topological polar surface area (TPSA) is 75.1 Å². The van der Waals surface area contributed by atoms with Gasteiger partial charge in [0.1, 0.15) is 0 Å². The van der Waals surface area contributed by atoms with Crippen LogP contribution in [0.4, 0.5) is 5.88 Å². The number of nitrogens with zero attached hydrogens (tertiary/aromatic N) is 4. The molecule has 4 rings (SSSR count). The molecule has 3 heterocycles. The molecule has 1 amide bonds. The van der Waals surface area contributed by atoms with E-state index >= 15 is 0 Å². The van der Waals surface area contributed by atoms with E-state index in [4.69, 9.17) is 16.1 Å². The van der Waals surface area contributed by atoms with Crippen molar-refractivity contribution in [3.8, 4) is 11.3 Å². The smallest absolute Gasteiger partial charge is 0.288 e. The zero-order valence-corrected chi connectivity index (χ0v) is 17.4. The maximum Gasteiger partial charge on any atom is 0.305 e. The van der Waals surface area contributed by atoms with Gasteiger partial charge in [0.05, 0.1) is 29.3 Å². The van der Waals surface area contributed by atoms with Gasteiger partial charge < -0.3 is 0 Å². The third kappa shape index (κ3) is 4.84. The third-order valence-electron chi connectivity index (χ3n) is 4.29. The standard InChI is InChI=1S/C18H18ClN5O2S2/c19-14-6-4-13(5-7-14)15-11-27-18(20-15)28-12-16(25)21-17-10-24(22-26-17)23-8-2-1-3-9-23/h4-7,10-11H,1-3,8-9,12H2/p+1. The second kappa shape index (κ2) is 8.93. The summed E-state index contributed by atoms with van der Waals surface area (Å²) in [6.45, 7) is 1.89. The number of rotatable bonds is 6. The molecule has 0 spiro atoms. The lowest BCUT2D eigenvalue weighted by molar-refractivity contribution is -0.759. The number of halogens is 1. The number of nitrogens with one attached hydrogen (secondary N) is 1. The van der Waals surface area contributed by atoms with Gasteiger partial charge in [-0.3, -0.25) is 14.6 Å². The lowest BCUT2D eigenvalue weighted by atomic mass is 10.2. The Morgan fingerprint density at radius 1 is 1.29 bits per heavy atom. The van der Waals surface area contributed by atoms with Crippen molar-refractivity contribution in [2.45, 2.75) is 23.6 Å². The van der Waals surface area contributed by atoms with E-state index in [1.807, 2.05) is 29.6 Å². The first-order valence-electron chi connectivity index (χ1n) is 8.95. The summed E-state index contributed by atoms with van der Waals surface area (Å²) in [7, 11) is 0. The first-order valence-corrected chi connectivity index (χ1v) is 11.2. The molecule has 0 aliphatic carbocycles. The summed E-state index contributed by atoms with van der Waals surface area (Å²) >= 11 is 8.82. The molecule has 0 radical (unpaired) electrons. The number of piperidine rings is 1. The predicted molar refractivity (Wildman–Crippen MR) is 110 cm³/mol. The van der Waals surface area contributed by atoms with E-state index in [0.717, 1.165) is 41.5 Å². The number of thioether (sulfide) groups is 1. The number of thiazole rings is 1. The zero-order valence-electron chi connectivity index (χ0n) is 15.0. The maximum absolute atomic E-state index is 12.2. The Balaban J connectivity index is 1.29. The van der Waals surface area contributed by atoms with Crippen molar-refractivity contribution in [3.05, 3.63) is 40.9 Å². The van der Waals surface area contributed by atoms with Crippen LogP contribution in [0.15, 0.2) is 44.7 Å². The van der Waals surface area contributed by atoms with Crippen molar-refractivity contribution in [1.29, 1.82) is 0 Å². The van der Waals surface area contributed by atoms with Gasteiger partial charge in [0.25, 0.3) is 6.20 Å². The fourth-order valence-electron chi connectivity index (χ4n) is 2.89. The van der Waals surface area contributed by atoms with Gasteiger partial charge in [-0.15, -0.1) is 11.3 Å². The minimum atomic E-state index is -0.157. The first-order chi connectivity index (χ1) is 13.7. The maximum atomic E-state index is 12.2. The van der Waals surface area contributed by atoms with Gasteiger partial charge in [0, 0.05) is 16.0 Å². The molecule has 1 N–H and O–H groups in total.